The predicted molar refractivity (Wildman–Crippen MR) is 77.7 cm³/mol. The lowest BCUT2D eigenvalue weighted by Crippen LogP contribution is -2.16. The minimum atomic E-state index is -0.449. The molecule has 19 heavy (non-hydrogen) atoms. The summed E-state index contributed by atoms with van der Waals surface area (Å²) in [5.74, 6) is -0.449. The third-order valence-corrected chi connectivity index (χ3v) is 4.49. The molecule has 0 saturated carbocycles. The molecule has 0 spiro atoms. The van der Waals surface area contributed by atoms with Crippen LogP contribution in [0.1, 0.15) is 23.0 Å². The lowest BCUT2D eigenvalue weighted by Gasteiger charge is -2.14. The van der Waals surface area contributed by atoms with E-state index in [1.807, 2.05) is 14.0 Å². The summed E-state index contributed by atoms with van der Waals surface area (Å²) in [5, 5.41) is 4.39. The van der Waals surface area contributed by atoms with E-state index in [0.29, 0.717) is 12.0 Å². The Bertz CT molecular complexity index is 612. The summed E-state index contributed by atoms with van der Waals surface area (Å²) in [5.41, 5.74) is 8.60. The highest BCUT2D eigenvalue weighted by atomic mass is 79.9. The number of hydrogen-bond acceptors (Lipinski definition) is 2. The Morgan fingerprint density at radius 3 is 2.79 bits per heavy atom. The van der Waals surface area contributed by atoms with Crippen LogP contribution < -0.4 is 5.73 Å². The van der Waals surface area contributed by atoms with Crippen LogP contribution in [-0.4, -0.2) is 9.78 Å². The maximum absolute atomic E-state index is 13.4. The van der Waals surface area contributed by atoms with Crippen LogP contribution in [0.2, 0.25) is 5.02 Å². The molecule has 1 atom stereocenters. The van der Waals surface area contributed by atoms with Gasteiger partial charge >= 0.3 is 0 Å². The number of hydrogen-bond donors (Lipinski definition) is 1. The molecule has 0 bridgehead atoms. The van der Waals surface area contributed by atoms with Gasteiger partial charge in [0, 0.05) is 19.5 Å². The summed E-state index contributed by atoms with van der Waals surface area (Å²) in [4.78, 5) is 0. The van der Waals surface area contributed by atoms with Crippen LogP contribution in [0, 0.1) is 12.7 Å². The number of rotatable bonds is 3. The second-order valence-electron chi connectivity index (χ2n) is 4.42. The standard InChI is InChI=1S/C13H14BrClFN3/c1-7-12(14)11(19(2)18-7)6-10(17)8-4-3-5-9(16)13(8)15/h3-5,10H,6,17H2,1-2H3. The van der Waals surface area contributed by atoms with Gasteiger partial charge in [-0.05, 0) is 34.5 Å². The molecule has 2 N–H and O–H groups in total. The van der Waals surface area contributed by atoms with E-state index in [0.717, 1.165) is 15.9 Å². The topological polar surface area (TPSA) is 43.8 Å². The molecule has 1 aromatic carbocycles. The highest BCUT2D eigenvalue weighted by Crippen LogP contribution is 2.29. The van der Waals surface area contributed by atoms with Gasteiger partial charge in [0.15, 0.2) is 0 Å². The fourth-order valence-electron chi connectivity index (χ4n) is 2.03. The van der Waals surface area contributed by atoms with E-state index in [-0.39, 0.29) is 11.1 Å². The highest BCUT2D eigenvalue weighted by Gasteiger charge is 2.18. The van der Waals surface area contributed by atoms with Gasteiger partial charge in [-0.1, -0.05) is 23.7 Å². The van der Waals surface area contributed by atoms with E-state index in [4.69, 9.17) is 17.3 Å². The molecule has 3 nitrogen and oxygen atoms in total. The Balaban J connectivity index is 2.31. The zero-order valence-corrected chi connectivity index (χ0v) is 13.0. The second-order valence-corrected chi connectivity index (χ2v) is 5.59. The molecule has 1 heterocycles. The monoisotopic (exact) mass is 345 g/mol. The van der Waals surface area contributed by atoms with Crippen molar-refractivity contribution < 1.29 is 4.39 Å². The number of aromatic nitrogens is 2. The predicted octanol–water partition coefficient (Wildman–Crippen LogP) is 3.53. The molecule has 6 heteroatoms. The first-order chi connectivity index (χ1) is 8.91. The van der Waals surface area contributed by atoms with E-state index >= 15 is 0 Å². The van der Waals surface area contributed by atoms with Crippen LogP contribution in [0.3, 0.4) is 0 Å². The van der Waals surface area contributed by atoms with Gasteiger partial charge in [0.2, 0.25) is 0 Å². The Morgan fingerprint density at radius 2 is 2.21 bits per heavy atom. The van der Waals surface area contributed by atoms with Crippen molar-refractivity contribution in [3.05, 3.63) is 50.5 Å². The van der Waals surface area contributed by atoms with Gasteiger partial charge < -0.3 is 5.73 Å². The molecule has 102 valence electrons. The maximum Gasteiger partial charge on any atom is 0.142 e. The van der Waals surface area contributed by atoms with Crippen molar-refractivity contribution in [3.8, 4) is 0 Å². The second kappa shape index (κ2) is 5.61. The summed E-state index contributed by atoms with van der Waals surface area (Å²) < 4.78 is 16.1. The zero-order valence-electron chi connectivity index (χ0n) is 10.6. The molecule has 0 aliphatic heterocycles. The van der Waals surface area contributed by atoms with Crippen molar-refractivity contribution in [1.29, 1.82) is 0 Å². The molecule has 0 saturated heterocycles. The third kappa shape index (κ3) is 2.83. The summed E-state index contributed by atoms with van der Waals surface area (Å²) >= 11 is 9.44. The largest absolute Gasteiger partial charge is 0.324 e. The average Bonchev–Trinajstić information content (AvgIpc) is 2.59. The van der Waals surface area contributed by atoms with E-state index in [2.05, 4.69) is 21.0 Å². The van der Waals surface area contributed by atoms with Crippen LogP contribution >= 0.6 is 27.5 Å². The fourth-order valence-corrected chi connectivity index (χ4v) is 2.79. The lowest BCUT2D eigenvalue weighted by molar-refractivity contribution is 0.610. The number of halogens is 3. The highest BCUT2D eigenvalue weighted by molar-refractivity contribution is 9.10. The van der Waals surface area contributed by atoms with Gasteiger partial charge in [-0.3, -0.25) is 4.68 Å². The zero-order chi connectivity index (χ0) is 14.2. The molecular weight excluding hydrogens is 333 g/mol. The van der Waals surface area contributed by atoms with Gasteiger partial charge in [0.1, 0.15) is 5.82 Å². The van der Waals surface area contributed by atoms with Gasteiger partial charge in [0.25, 0.3) is 0 Å². The van der Waals surface area contributed by atoms with Crippen LogP contribution in [0.4, 0.5) is 4.39 Å². The number of nitrogens with two attached hydrogens (primary N) is 1. The van der Waals surface area contributed by atoms with E-state index in [9.17, 15) is 4.39 Å². The first kappa shape index (κ1) is 14.5. The minimum Gasteiger partial charge on any atom is -0.324 e. The number of benzene rings is 1. The van der Waals surface area contributed by atoms with Crippen molar-refractivity contribution in [1.82, 2.24) is 9.78 Å². The van der Waals surface area contributed by atoms with E-state index in [1.165, 1.54) is 6.07 Å². The molecular formula is C13H14BrClFN3. The third-order valence-electron chi connectivity index (χ3n) is 3.06. The molecule has 1 unspecified atom stereocenters. The SMILES string of the molecule is Cc1nn(C)c(CC(N)c2cccc(F)c2Cl)c1Br. The fraction of sp³-hybridized carbons (Fsp3) is 0.308. The Morgan fingerprint density at radius 1 is 1.53 bits per heavy atom. The molecule has 0 aliphatic rings. The van der Waals surface area contributed by atoms with Crippen molar-refractivity contribution in [2.45, 2.75) is 19.4 Å². The first-order valence-corrected chi connectivity index (χ1v) is 6.96. The van der Waals surface area contributed by atoms with E-state index < -0.39 is 5.82 Å². The van der Waals surface area contributed by atoms with Crippen LogP contribution in [0.5, 0.6) is 0 Å². The van der Waals surface area contributed by atoms with E-state index in [1.54, 1.807) is 16.8 Å². The van der Waals surface area contributed by atoms with Gasteiger partial charge in [-0.25, -0.2) is 4.39 Å². The van der Waals surface area contributed by atoms with Crippen LogP contribution in [0.15, 0.2) is 22.7 Å². The van der Waals surface area contributed by atoms with Crippen LogP contribution in [0.25, 0.3) is 0 Å². The Hall–Kier alpha value is -0.910. The van der Waals surface area contributed by atoms with Crippen LogP contribution in [-0.2, 0) is 13.5 Å². The number of aryl methyl sites for hydroxylation is 2. The Kier molecular flexibility index (Phi) is 4.28. The summed E-state index contributed by atoms with van der Waals surface area (Å²) in [6, 6.07) is 4.30. The summed E-state index contributed by atoms with van der Waals surface area (Å²) in [7, 11) is 1.85. The summed E-state index contributed by atoms with van der Waals surface area (Å²) in [6.45, 7) is 1.91. The molecule has 0 aliphatic carbocycles. The Labute approximate surface area is 124 Å². The van der Waals surface area contributed by atoms with Crippen molar-refractivity contribution in [3.63, 3.8) is 0 Å². The van der Waals surface area contributed by atoms with Crippen molar-refractivity contribution >= 4 is 27.5 Å². The maximum atomic E-state index is 13.4. The molecule has 1 aromatic heterocycles. The van der Waals surface area contributed by atoms with Crippen molar-refractivity contribution in [2.24, 2.45) is 12.8 Å². The van der Waals surface area contributed by atoms with Gasteiger partial charge in [0.05, 0.1) is 20.9 Å². The molecule has 0 amide bonds. The smallest absolute Gasteiger partial charge is 0.142 e. The molecule has 0 fully saturated rings. The lowest BCUT2D eigenvalue weighted by atomic mass is 10.0. The number of nitrogens with zero attached hydrogens (tertiary/aromatic N) is 2. The molecule has 2 rings (SSSR count). The normalized spacial score (nSPS) is 12.7. The molecule has 2 aromatic rings. The first-order valence-electron chi connectivity index (χ1n) is 5.79. The quantitative estimate of drug-likeness (QED) is 0.924. The van der Waals surface area contributed by atoms with Crippen molar-refractivity contribution in [2.75, 3.05) is 0 Å². The molecule has 0 radical (unpaired) electrons. The van der Waals surface area contributed by atoms with Gasteiger partial charge in [-0.2, -0.15) is 5.10 Å². The average molecular weight is 347 g/mol. The summed E-state index contributed by atoms with van der Waals surface area (Å²) in [6.07, 6.45) is 0.529. The van der Waals surface area contributed by atoms with Gasteiger partial charge in [-0.15, -0.1) is 0 Å². The minimum absolute atomic E-state index is 0.0880.